The number of allylic oxidation sites excluding steroid dienone is 1. The molecule has 25 heavy (non-hydrogen) atoms. The van der Waals surface area contributed by atoms with Crippen molar-refractivity contribution in [1.82, 2.24) is 10.3 Å². The molecule has 8 heteroatoms. The molecular formula is C17H20N4O3S. The van der Waals surface area contributed by atoms with Gasteiger partial charge in [0, 0.05) is 43.1 Å². The van der Waals surface area contributed by atoms with E-state index >= 15 is 0 Å². The maximum Gasteiger partial charge on any atom is 0.220 e. The summed E-state index contributed by atoms with van der Waals surface area (Å²) in [6.07, 6.45) is 5.02. The molecule has 3 heterocycles. The fourth-order valence-electron chi connectivity index (χ4n) is 3.26. The molecule has 1 aromatic rings. The molecule has 1 saturated heterocycles. The van der Waals surface area contributed by atoms with E-state index in [0.717, 1.165) is 12.8 Å². The molecule has 1 N–H and O–H groups in total. The molecule has 2 aliphatic heterocycles. The molecule has 0 bridgehead atoms. The lowest BCUT2D eigenvalue weighted by atomic mass is 10.0. The van der Waals surface area contributed by atoms with E-state index < -0.39 is 9.84 Å². The largest absolute Gasteiger partial charge is 0.355 e. The summed E-state index contributed by atoms with van der Waals surface area (Å²) in [5.74, 6) is 0.378. The van der Waals surface area contributed by atoms with Gasteiger partial charge in [0.2, 0.25) is 5.91 Å². The number of aromatic nitrogens is 1. The number of sulfone groups is 1. The lowest BCUT2D eigenvalue weighted by molar-refractivity contribution is -0.122. The number of nitrogens with one attached hydrogen (secondary N) is 1. The molecule has 0 radical (unpaired) electrons. The van der Waals surface area contributed by atoms with Gasteiger partial charge in [0.05, 0.1) is 11.3 Å². The smallest absolute Gasteiger partial charge is 0.220 e. The van der Waals surface area contributed by atoms with Gasteiger partial charge in [-0.15, -0.1) is 0 Å². The van der Waals surface area contributed by atoms with Gasteiger partial charge in [-0.2, -0.15) is 5.26 Å². The third-order valence-corrected chi connectivity index (χ3v) is 5.98. The Labute approximate surface area is 147 Å². The van der Waals surface area contributed by atoms with Crippen molar-refractivity contribution in [3.8, 4) is 6.07 Å². The SMILES string of the molecule is N#Cc1cccnc1N1CCC(NC(=O)CC2C=CS(=O)(=O)C2)CC1. The van der Waals surface area contributed by atoms with Crippen molar-refractivity contribution in [2.75, 3.05) is 23.7 Å². The van der Waals surface area contributed by atoms with Crippen molar-refractivity contribution in [3.05, 3.63) is 35.4 Å². The minimum atomic E-state index is -3.12. The Bertz CT molecular complexity index is 821. The molecule has 1 atom stereocenters. The summed E-state index contributed by atoms with van der Waals surface area (Å²) in [5.41, 5.74) is 0.555. The van der Waals surface area contributed by atoms with Gasteiger partial charge in [0.1, 0.15) is 11.9 Å². The van der Waals surface area contributed by atoms with Crippen LogP contribution in [0, 0.1) is 17.2 Å². The predicted molar refractivity (Wildman–Crippen MR) is 93.4 cm³/mol. The molecule has 1 amide bonds. The molecule has 0 aliphatic carbocycles. The average Bonchev–Trinajstić information content (AvgIpc) is 2.94. The van der Waals surface area contributed by atoms with Crippen molar-refractivity contribution in [2.24, 2.45) is 5.92 Å². The summed E-state index contributed by atoms with van der Waals surface area (Å²) in [6.45, 7) is 1.43. The van der Waals surface area contributed by atoms with Gasteiger partial charge >= 0.3 is 0 Å². The lowest BCUT2D eigenvalue weighted by Gasteiger charge is -2.33. The topological polar surface area (TPSA) is 103 Å². The fourth-order valence-corrected chi connectivity index (χ4v) is 4.66. The van der Waals surface area contributed by atoms with Crippen LogP contribution in [0.2, 0.25) is 0 Å². The van der Waals surface area contributed by atoms with Gasteiger partial charge in [-0.1, -0.05) is 6.08 Å². The first-order chi connectivity index (χ1) is 12.0. The van der Waals surface area contributed by atoms with Crippen LogP contribution in [0.1, 0.15) is 24.8 Å². The zero-order valence-electron chi connectivity index (χ0n) is 13.8. The summed E-state index contributed by atoms with van der Waals surface area (Å²) in [6, 6.07) is 5.72. The molecule has 2 aliphatic rings. The Morgan fingerprint density at radius 1 is 1.40 bits per heavy atom. The number of hydrogen-bond acceptors (Lipinski definition) is 6. The van der Waals surface area contributed by atoms with Crippen LogP contribution in [0.4, 0.5) is 5.82 Å². The molecule has 0 aromatic carbocycles. The number of carbonyl (C=O) groups excluding carboxylic acids is 1. The first kappa shape index (κ1) is 17.4. The Kier molecular flexibility index (Phi) is 5.04. The van der Waals surface area contributed by atoms with E-state index in [0.29, 0.717) is 24.5 Å². The minimum Gasteiger partial charge on any atom is -0.355 e. The summed E-state index contributed by atoms with van der Waals surface area (Å²) < 4.78 is 22.8. The third-order valence-electron chi connectivity index (χ3n) is 4.52. The molecule has 3 rings (SSSR count). The van der Waals surface area contributed by atoms with Crippen LogP contribution in [-0.4, -0.2) is 44.2 Å². The number of pyridine rings is 1. The van der Waals surface area contributed by atoms with E-state index in [-0.39, 0.29) is 30.0 Å². The zero-order valence-corrected chi connectivity index (χ0v) is 14.6. The second kappa shape index (κ2) is 7.23. The molecule has 0 spiro atoms. The van der Waals surface area contributed by atoms with Crippen molar-refractivity contribution in [1.29, 1.82) is 5.26 Å². The Balaban J connectivity index is 1.49. The lowest BCUT2D eigenvalue weighted by Crippen LogP contribution is -2.45. The van der Waals surface area contributed by atoms with Crippen LogP contribution in [-0.2, 0) is 14.6 Å². The number of piperidine rings is 1. The first-order valence-corrected chi connectivity index (χ1v) is 9.99. The highest BCUT2D eigenvalue weighted by atomic mass is 32.2. The maximum absolute atomic E-state index is 12.1. The van der Waals surface area contributed by atoms with Crippen molar-refractivity contribution in [2.45, 2.75) is 25.3 Å². The van der Waals surface area contributed by atoms with E-state index in [9.17, 15) is 18.5 Å². The number of nitrogens with zero attached hydrogens (tertiary/aromatic N) is 3. The fraction of sp³-hybridized carbons (Fsp3) is 0.471. The van der Waals surface area contributed by atoms with E-state index in [4.69, 9.17) is 0 Å². The number of rotatable bonds is 4. The quantitative estimate of drug-likeness (QED) is 0.859. The molecule has 7 nitrogen and oxygen atoms in total. The van der Waals surface area contributed by atoms with E-state index in [1.165, 1.54) is 5.41 Å². The third kappa shape index (κ3) is 4.37. The Morgan fingerprint density at radius 3 is 2.80 bits per heavy atom. The molecule has 1 fully saturated rings. The highest BCUT2D eigenvalue weighted by molar-refractivity contribution is 7.94. The van der Waals surface area contributed by atoms with Gasteiger partial charge in [-0.05, 0) is 25.0 Å². The van der Waals surface area contributed by atoms with Crippen LogP contribution < -0.4 is 10.2 Å². The Morgan fingerprint density at radius 2 is 2.16 bits per heavy atom. The first-order valence-electron chi connectivity index (χ1n) is 8.27. The van der Waals surface area contributed by atoms with E-state index in [2.05, 4.69) is 21.3 Å². The monoisotopic (exact) mass is 360 g/mol. The van der Waals surface area contributed by atoms with Gasteiger partial charge < -0.3 is 10.2 Å². The molecule has 1 unspecified atom stereocenters. The second-order valence-corrected chi connectivity index (χ2v) is 8.37. The molecule has 0 saturated carbocycles. The van der Waals surface area contributed by atoms with Gasteiger partial charge in [-0.25, -0.2) is 13.4 Å². The van der Waals surface area contributed by atoms with Crippen LogP contribution >= 0.6 is 0 Å². The Hall–Kier alpha value is -2.40. The maximum atomic E-state index is 12.1. The standard InChI is InChI=1S/C17H20N4O3S/c18-11-14-2-1-6-19-17(14)21-7-3-15(4-8-21)20-16(22)10-13-5-9-25(23,24)12-13/h1-2,5-6,9,13,15H,3-4,7-8,10,12H2,(H,20,22). The summed E-state index contributed by atoms with van der Waals surface area (Å²) in [7, 11) is -3.12. The van der Waals surface area contributed by atoms with Crippen LogP contribution in [0.5, 0.6) is 0 Å². The summed E-state index contributed by atoms with van der Waals surface area (Å²) in [4.78, 5) is 18.5. The number of amides is 1. The molecule has 132 valence electrons. The normalized spacial score (nSPS) is 22.5. The number of anilines is 1. The van der Waals surface area contributed by atoms with E-state index in [1.54, 1.807) is 24.4 Å². The van der Waals surface area contributed by atoms with Gasteiger partial charge in [-0.3, -0.25) is 4.79 Å². The number of hydrogen-bond donors (Lipinski definition) is 1. The summed E-state index contributed by atoms with van der Waals surface area (Å²) in [5, 5.41) is 13.4. The zero-order chi connectivity index (χ0) is 17.9. The van der Waals surface area contributed by atoms with E-state index in [1.807, 2.05) is 0 Å². The van der Waals surface area contributed by atoms with Gasteiger partial charge in [0.25, 0.3) is 0 Å². The predicted octanol–water partition coefficient (Wildman–Crippen LogP) is 0.987. The highest BCUT2D eigenvalue weighted by Gasteiger charge is 2.26. The van der Waals surface area contributed by atoms with Crippen LogP contribution in [0.25, 0.3) is 0 Å². The van der Waals surface area contributed by atoms with Crippen molar-refractivity contribution < 1.29 is 13.2 Å². The van der Waals surface area contributed by atoms with Crippen molar-refractivity contribution in [3.63, 3.8) is 0 Å². The van der Waals surface area contributed by atoms with Gasteiger partial charge in [0.15, 0.2) is 9.84 Å². The molecule has 1 aromatic heterocycles. The minimum absolute atomic E-state index is 0.0233. The van der Waals surface area contributed by atoms with Crippen molar-refractivity contribution >= 4 is 21.6 Å². The highest BCUT2D eigenvalue weighted by Crippen LogP contribution is 2.22. The number of carbonyl (C=O) groups is 1. The van der Waals surface area contributed by atoms with Crippen LogP contribution in [0.15, 0.2) is 29.8 Å². The average molecular weight is 360 g/mol. The van der Waals surface area contributed by atoms with Crippen LogP contribution in [0.3, 0.4) is 0 Å². The summed E-state index contributed by atoms with van der Waals surface area (Å²) >= 11 is 0. The number of nitriles is 1. The second-order valence-electron chi connectivity index (χ2n) is 6.44. The molecular weight excluding hydrogens is 340 g/mol.